The van der Waals surface area contributed by atoms with Crippen LogP contribution in [0.4, 0.5) is 0 Å². The molecule has 9 heteroatoms. The highest BCUT2D eigenvalue weighted by Crippen LogP contribution is 2.26. The van der Waals surface area contributed by atoms with Crippen molar-refractivity contribution in [2.75, 3.05) is 5.75 Å². The minimum absolute atomic E-state index is 0.0569. The topological polar surface area (TPSA) is 101 Å². The van der Waals surface area contributed by atoms with E-state index >= 15 is 0 Å². The summed E-state index contributed by atoms with van der Waals surface area (Å²) in [5.41, 5.74) is 1.52. The summed E-state index contributed by atoms with van der Waals surface area (Å²) in [5, 5.41) is 3.73. The van der Waals surface area contributed by atoms with E-state index in [-0.39, 0.29) is 23.1 Å². The van der Waals surface area contributed by atoms with Crippen molar-refractivity contribution in [3.05, 3.63) is 77.2 Å². The molecule has 0 spiro atoms. The molecule has 1 amide bonds. The predicted octanol–water partition coefficient (Wildman–Crippen LogP) is 1.82. The summed E-state index contributed by atoms with van der Waals surface area (Å²) in [6, 6.07) is 14.5. The smallest absolute Gasteiger partial charge is 0.243 e. The third-order valence-corrected chi connectivity index (χ3v) is 7.80. The molecular formula is C20H22N2O5S2. The fourth-order valence-electron chi connectivity index (χ4n) is 3.02. The average molecular weight is 435 g/mol. The highest BCUT2D eigenvalue weighted by atomic mass is 32.2. The van der Waals surface area contributed by atoms with Gasteiger partial charge in [-0.05, 0) is 23.3 Å². The van der Waals surface area contributed by atoms with Crippen molar-refractivity contribution in [1.82, 2.24) is 9.62 Å². The zero-order valence-electron chi connectivity index (χ0n) is 15.9. The standard InChI is InChI=1S/C20H22N2O5S2/c1-16(23)21-13-17-7-9-20(10-8-17)29(26,27)22(14-18-5-3-2-4-6-18)19-11-12-28(24,25)15-19/h2-12,19H,13-15H2,1H3,(H,21,23)/t19-/m1/s1. The molecule has 3 rings (SSSR count). The Morgan fingerprint density at radius 1 is 1.07 bits per heavy atom. The largest absolute Gasteiger partial charge is 0.352 e. The van der Waals surface area contributed by atoms with Gasteiger partial charge in [-0.3, -0.25) is 4.79 Å². The first-order chi connectivity index (χ1) is 13.7. The van der Waals surface area contributed by atoms with Crippen LogP contribution in [-0.2, 0) is 37.7 Å². The van der Waals surface area contributed by atoms with E-state index in [0.717, 1.165) is 16.5 Å². The van der Waals surface area contributed by atoms with E-state index in [1.165, 1.54) is 29.4 Å². The summed E-state index contributed by atoms with van der Waals surface area (Å²) in [6.45, 7) is 1.76. The molecule has 0 radical (unpaired) electrons. The maximum Gasteiger partial charge on any atom is 0.243 e. The Morgan fingerprint density at radius 2 is 1.72 bits per heavy atom. The molecule has 0 aliphatic carbocycles. The lowest BCUT2D eigenvalue weighted by Gasteiger charge is -2.27. The minimum Gasteiger partial charge on any atom is -0.352 e. The van der Waals surface area contributed by atoms with Gasteiger partial charge in [-0.2, -0.15) is 4.31 Å². The summed E-state index contributed by atoms with van der Waals surface area (Å²) >= 11 is 0. The van der Waals surface area contributed by atoms with Crippen molar-refractivity contribution in [3.63, 3.8) is 0 Å². The predicted molar refractivity (Wildman–Crippen MR) is 110 cm³/mol. The van der Waals surface area contributed by atoms with Crippen LogP contribution in [-0.4, -0.2) is 38.8 Å². The van der Waals surface area contributed by atoms with Crippen LogP contribution in [0.25, 0.3) is 0 Å². The number of amides is 1. The SMILES string of the molecule is CC(=O)NCc1ccc(S(=O)(=O)N(Cc2ccccc2)[C@@H]2C=CS(=O)(=O)C2)cc1. The fourth-order valence-corrected chi connectivity index (χ4v) is 5.99. The van der Waals surface area contributed by atoms with Crippen LogP contribution in [0.3, 0.4) is 0 Å². The lowest BCUT2D eigenvalue weighted by atomic mass is 10.2. The van der Waals surface area contributed by atoms with Crippen LogP contribution < -0.4 is 5.32 Å². The average Bonchev–Trinajstić information content (AvgIpc) is 3.04. The summed E-state index contributed by atoms with van der Waals surface area (Å²) in [5.74, 6) is -0.454. The van der Waals surface area contributed by atoms with Gasteiger partial charge in [0.2, 0.25) is 15.9 Å². The van der Waals surface area contributed by atoms with E-state index < -0.39 is 25.9 Å². The molecular weight excluding hydrogens is 412 g/mol. The number of hydrogen-bond donors (Lipinski definition) is 1. The number of carbonyl (C=O) groups excluding carboxylic acids is 1. The second kappa shape index (κ2) is 8.48. The van der Waals surface area contributed by atoms with Gasteiger partial charge in [0.1, 0.15) is 0 Å². The second-order valence-electron chi connectivity index (χ2n) is 6.81. The molecule has 0 aromatic heterocycles. The molecule has 2 aromatic carbocycles. The molecule has 0 unspecified atom stereocenters. The minimum atomic E-state index is -3.95. The van der Waals surface area contributed by atoms with Crippen molar-refractivity contribution in [1.29, 1.82) is 0 Å². The molecule has 154 valence electrons. The van der Waals surface area contributed by atoms with Gasteiger partial charge < -0.3 is 5.32 Å². The lowest BCUT2D eigenvalue weighted by Crippen LogP contribution is -2.40. The number of benzene rings is 2. The summed E-state index contributed by atoms with van der Waals surface area (Å²) < 4.78 is 51.7. The summed E-state index contributed by atoms with van der Waals surface area (Å²) in [4.78, 5) is 11.1. The monoisotopic (exact) mass is 434 g/mol. The van der Waals surface area contributed by atoms with Crippen LogP contribution in [0.1, 0.15) is 18.1 Å². The number of nitrogens with one attached hydrogen (secondary N) is 1. The number of sulfonamides is 1. The number of hydrogen-bond acceptors (Lipinski definition) is 5. The molecule has 0 fully saturated rings. The van der Waals surface area contributed by atoms with E-state index in [0.29, 0.717) is 6.54 Å². The highest BCUT2D eigenvalue weighted by Gasteiger charge is 2.35. The molecule has 0 saturated heterocycles. The van der Waals surface area contributed by atoms with E-state index in [4.69, 9.17) is 0 Å². The van der Waals surface area contributed by atoms with Gasteiger partial charge in [-0.15, -0.1) is 0 Å². The van der Waals surface area contributed by atoms with Crippen molar-refractivity contribution >= 4 is 25.8 Å². The van der Waals surface area contributed by atoms with Crippen LogP contribution in [0.5, 0.6) is 0 Å². The van der Waals surface area contributed by atoms with Gasteiger partial charge in [0.05, 0.1) is 16.7 Å². The molecule has 1 atom stereocenters. The Morgan fingerprint density at radius 3 is 2.28 bits per heavy atom. The third-order valence-electron chi connectivity index (χ3n) is 4.53. The number of rotatable bonds is 7. The Kier molecular flexibility index (Phi) is 6.21. The molecule has 0 bridgehead atoms. The molecule has 7 nitrogen and oxygen atoms in total. The van der Waals surface area contributed by atoms with Gasteiger partial charge in [-0.25, -0.2) is 16.8 Å². The third kappa shape index (κ3) is 5.31. The van der Waals surface area contributed by atoms with E-state index in [1.54, 1.807) is 36.4 Å². The van der Waals surface area contributed by atoms with Crippen LogP contribution in [0, 0.1) is 0 Å². The highest BCUT2D eigenvalue weighted by molar-refractivity contribution is 7.94. The Hall–Kier alpha value is -2.49. The first kappa shape index (κ1) is 21.2. The molecule has 1 aliphatic rings. The van der Waals surface area contributed by atoms with Gasteiger partial charge in [0.25, 0.3) is 0 Å². The van der Waals surface area contributed by atoms with Gasteiger partial charge in [0, 0.05) is 25.4 Å². The second-order valence-corrected chi connectivity index (χ2v) is 10.6. The molecule has 2 aromatic rings. The quantitative estimate of drug-likeness (QED) is 0.716. The Labute approximate surface area is 171 Å². The number of carbonyl (C=O) groups is 1. The summed E-state index contributed by atoms with van der Waals surface area (Å²) in [7, 11) is -7.37. The zero-order valence-corrected chi connectivity index (χ0v) is 17.5. The molecule has 1 aliphatic heterocycles. The van der Waals surface area contributed by atoms with Crippen molar-refractivity contribution < 1.29 is 21.6 Å². The van der Waals surface area contributed by atoms with Gasteiger partial charge >= 0.3 is 0 Å². The normalized spacial score (nSPS) is 18.1. The molecule has 0 saturated carbocycles. The number of sulfone groups is 1. The number of nitrogens with zero attached hydrogens (tertiary/aromatic N) is 1. The van der Waals surface area contributed by atoms with E-state index in [2.05, 4.69) is 5.32 Å². The van der Waals surface area contributed by atoms with Gasteiger partial charge in [0.15, 0.2) is 9.84 Å². The molecule has 29 heavy (non-hydrogen) atoms. The molecule has 1 heterocycles. The van der Waals surface area contributed by atoms with Crippen LogP contribution >= 0.6 is 0 Å². The zero-order chi connectivity index (χ0) is 21.1. The summed E-state index contributed by atoms with van der Waals surface area (Å²) in [6.07, 6.45) is 1.42. The first-order valence-electron chi connectivity index (χ1n) is 8.97. The van der Waals surface area contributed by atoms with Crippen LogP contribution in [0.15, 0.2) is 71.0 Å². The van der Waals surface area contributed by atoms with E-state index in [9.17, 15) is 21.6 Å². The van der Waals surface area contributed by atoms with Crippen molar-refractivity contribution in [3.8, 4) is 0 Å². The molecule has 1 N–H and O–H groups in total. The Balaban J connectivity index is 1.91. The maximum absolute atomic E-state index is 13.3. The van der Waals surface area contributed by atoms with Crippen LogP contribution in [0.2, 0.25) is 0 Å². The first-order valence-corrected chi connectivity index (χ1v) is 12.1. The fraction of sp³-hybridized carbons (Fsp3) is 0.250. The lowest BCUT2D eigenvalue weighted by molar-refractivity contribution is -0.119. The maximum atomic E-state index is 13.3. The van der Waals surface area contributed by atoms with Crippen molar-refractivity contribution in [2.45, 2.75) is 31.0 Å². The van der Waals surface area contributed by atoms with Gasteiger partial charge in [-0.1, -0.05) is 48.5 Å². The van der Waals surface area contributed by atoms with E-state index in [1.807, 2.05) is 6.07 Å². The Bertz CT molecular complexity index is 1110. The van der Waals surface area contributed by atoms with Crippen molar-refractivity contribution in [2.24, 2.45) is 0 Å².